The van der Waals surface area contributed by atoms with Crippen molar-refractivity contribution in [3.8, 4) is 11.1 Å². The molecule has 5 rings (SSSR count). The van der Waals surface area contributed by atoms with Crippen molar-refractivity contribution in [1.82, 2.24) is 24.7 Å². The molecule has 0 aliphatic carbocycles. The van der Waals surface area contributed by atoms with Crippen LogP contribution in [0.3, 0.4) is 0 Å². The first-order chi connectivity index (χ1) is 26.3. The summed E-state index contributed by atoms with van der Waals surface area (Å²) in [6.07, 6.45) is 2.15. The molecule has 0 fully saturated rings. The van der Waals surface area contributed by atoms with E-state index in [9.17, 15) is 19.7 Å². The highest BCUT2D eigenvalue weighted by Gasteiger charge is 2.36. The number of esters is 2. The number of ether oxygens (including phenoxy) is 3. The van der Waals surface area contributed by atoms with Gasteiger partial charge in [-0.15, -0.1) is 0 Å². The predicted molar refractivity (Wildman–Crippen MR) is 209 cm³/mol. The molecule has 0 saturated carbocycles. The molecule has 15 nitrogen and oxygen atoms in total. The fraction of sp³-hybridized carbons (Fsp3) is 0.333. The van der Waals surface area contributed by atoms with Crippen LogP contribution in [0, 0.1) is 10.1 Å². The number of fused-ring (bicyclic) bond motifs is 1. The molecule has 0 bridgehead atoms. The van der Waals surface area contributed by atoms with Crippen LogP contribution in [0.4, 0.5) is 11.5 Å². The average Bonchev–Trinajstić information content (AvgIpc) is 3.53. The summed E-state index contributed by atoms with van der Waals surface area (Å²) in [4.78, 5) is 46.4. The number of non-ortho nitro benzene ring substituents is 1. The van der Waals surface area contributed by atoms with Crippen LogP contribution in [-0.2, 0) is 47.8 Å². The molecule has 0 radical (unpaired) electrons. The number of carbonyl (C=O) groups is 2. The fourth-order valence-corrected chi connectivity index (χ4v) is 7.97. The largest absolute Gasteiger partial charge is 0.462 e. The lowest BCUT2D eigenvalue weighted by molar-refractivity contribution is -0.384. The van der Waals surface area contributed by atoms with Gasteiger partial charge >= 0.3 is 11.9 Å². The number of hydrogen-bond acceptors (Lipinski definition) is 11. The molecule has 3 aromatic carbocycles. The molecule has 290 valence electrons. The Bertz CT molecular complexity index is 2040. The molecule has 2 atom stereocenters. The summed E-state index contributed by atoms with van der Waals surface area (Å²) in [7, 11) is -3.97. The number of nitrogens with one attached hydrogen (secondary N) is 2. The Balaban J connectivity index is 1.43. The fourth-order valence-electron chi connectivity index (χ4n) is 5.96. The minimum absolute atomic E-state index is 0.0281. The maximum atomic E-state index is 15.1. The average molecular weight is 772 g/mol. The number of carbonyl (C=O) groups excluding carboxylic acids is 2. The van der Waals surface area contributed by atoms with Crippen LogP contribution in [0.2, 0.25) is 0 Å². The van der Waals surface area contributed by atoms with E-state index in [1.807, 2.05) is 60.7 Å². The first kappa shape index (κ1) is 40.7. The van der Waals surface area contributed by atoms with Crippen molar-refractivity contribution in [3.05, 3.63) is 119 Å². The van der Waals surface area contributed by atoms with E-state index in [1.165, 1.54) is 18.5 Å². The Kier molecular flexibility index (Phi) is 13.9. The summed E-state index contributed by atoms with van der Waals surface area (Å²) in [5, 5.41) is 17.9. The van der Waals surface area contributed by atoms with Crippen molar-refractivity contribution >= 4 is 41.9 Å². The second kappa shape index (κ2) is 18.7. The van der Waals surface area contributed by atoms with Crippen molar-refractivity contribution in [1.29, 1.82) is 0 Å². The van der Waals surface area contributed by atoms with Crippen molar-refractivity contribution in [2.45, 2.75) is 71.4 Å². The summed E-state index contributed by atoms with van der Waals surface area (Å²) in [6, 6.07) is 22.4. The summed E-state index contributed by atoms with van der Waals surface area (Å²) < 4.78 is 34.1. The molecule has 0 unspecified atom stereocenters. The zero-order valence-corrected chi connectivity index (χ0v) is 32.1. The number of nitrogens with zero attached hydrogens (tertiary/aromatic N) is 4. The molecular formula is C39H46N7O8P. The van der Waals surface area contributed by atoms with Gasteiger partial charge in [0.25, 0.3) is 5.69 Å². The smallest absolute Gasteiger partial charge is 0.324 e. The quantitative estimate of drug-likeness (QED) is 0.0288. The topological polar surface area (TPSA) is 203 Å². The van der Waals surface area contributed by atoms with Crippen molar-refractivity contribution in [2.24, 2.45) is 0 Å². The van der Waals surface area contributed by atoms with Crippen molar-refractivity contribution < 1.29 is 33.3 Å². The van der Waals surface area contributed by atoms with Gasteiger partial charge in [-0.2, -0.15) is 0 Å². The van der Waals surface area contributed by atoms with Crippen LogP contribution in [0.1, 0.15) is 38.8 Å². The zero-order valence-electron chi connectivity index (χ0n) is 31.2. The predicted octanol–water partition coefficient (Wildman–Crippen LogP) is 6.06. The molecule has 0 aliphatic heterocycles. The van der Waals surface area contributed by atoms with Gasteiger partial charge in [0, 0.05) is 30.4 Å². The van der Waals surface area contributed by atoms with Crippen LogP contribution in [-0.4, -0.2) is 68.6 Å². The number of nitrogen functional groups attached to an aromatic ring is 1. The minimum atomic E-state index is -3.97. The van der Waals surface area contributed by atoms with Gasteiger partial charge in [0.05, 0.1) is 29.1 Å². The van der Waals surface area contributed by atoms with E-state index < -0.39 is 54.9 Å². The van der Waals surface area contributed by atoms with E-state index in [0.717, 1.165) is 11.1 Å². The lowest BCUT2D eigenvalue weighted by Gasteiger charge is -2.29. The van der Waals surface area contributed by atoms with E-state index in [-0.39, 0.29) is 37.5 Å². The van der Waals surface area contributed by atoms with Gasteiger partial charge < -0.3 is 24.5 Å². The summed E-state index contributed by atoms with van der Waals surface area (Å²) >= 11 is 0. The molecule has 55 heavy (non-hydrogen) atoms. The highest BCUT2D eigenvalue weighted by atomic mass is 31.2. The first-order valence-electron chi connectivity index (χ1n) is 17.9. The number of anilines is 1. The highest BCUT2D eigenvalue weighted by molar-refractivity contribution is 7.59. The summed E-state index contributed by atoms with van der Waals surface area (Å²) in [5.74, 6) is -0.994. The zero-order chi connectivity index (χ0) is 39.5. The molecule has 0 aliphatic rings. The van der Waals surface area contributed by atoms with Gasteiger partial charge in [0.2, 0.25) is 7.44 Å². The number of nitro benzene ring substituents is 1. The van der Waals surface area contributed by atoms with Gasteiger partial charge in [-0.1, -0.05) is 60.7 Å². The second-order valence-electron chi connectivity index (χ2n) is 13.5. The van der Waals surface area contributed by atoms with Gasteiger partial charge in [0.15, 0.2) is 0 Å². The Labute approximate surface area is 319 Å². The molecule has 2 heterocycles. The van der Waals surface area contributed by atoms with Crippen LogP contribution < -0.4 is 15.9 Å². The van der Waals surface area contributed by atoms with Crippen molar-refractivity contribution in [2.75, 3.05) is 18.7 Å². The maximum Gasteiger partial charge on any atom is 0.324 e. The third-order valence-electron chi connectivity index (χ3n) is 8.39. The van der Waals surface area contributed by atoms with Crippen LogP contribution >= 0.6 is 7.44 Å². The van der Waals surface area contributed by atoms with Crippen molar-refractivity contribution in [3.63, 3.8) is 0 Å². The Morgan fingerprint density at radius 2 is 1.36 bits per heavy atom. The van der Waals surface area contributed by atoms with Crippen LogP contribution in [0.5, 0.6) is 0 Å². The normalized spacial score (nSPS) is 12.8. The number of rotatable bonds is 19. The number of benzene rings is 3. The number of aromatic nitrogens is 3. The Morgan fingerprint density at radius 1 is 0.836 bits per heavy atom. The third-order valence-corrected chi connectivity index (χ3v) is 10.4. The SMILES string of the molecule is CC(C)OC(=O)[C@H](Cc1ccccc1)NP(=O)(COCCn1cc(-c2ccc([N+](=O)[O-])cc2)c2c(N)ncnc21)N[C@@H](Cc1ccccc1)C(=O)OC(C)C. The minimum Gasteiger partial charge on any atom is -0.462 e. The second-order valence-corrected chi connectivity index (χ2v) is 15.7. The first-order valence-corrected chi connectivity index (χ1v) is 19.8. The third kappa shape index (κ3) is 11.3. The highest BCUT2D eigenvalue weighted by Crippen LogP contribution is 2.39. The number of hydrogen-bond donors (Lipinski definition) is 3. The summed E-state index contributed by atoms with van der Waals surface area (Å²) in [5.41, 5.74) is 9.67. The van der Waals surface area contributed by atoms with Crippen LogP contribution in [0.15, 0.2) is 97.5 Å². The lowest BCUT2D eigenvalue weighted by atomic mass is 10.1. The molecule has 0 saturated heterocycles. The van der Waals surface area contributed by atoms with E-state index >= 15 is 4.57 Å². The lowest BCUT2D eigenvalue weighted by Crippen LogP contribution is -2.47. The molecule has 5 aromatic rings. The molecule has 0 spiro atoms. The van der Waals surface area contributed by atoms with E-state index in [4.69, 9.17) is 19.9 Å². The standard InChI is InChI=1S/C39H46N7O8P/c1-26(2)53-38(47)33(21-28-11-7-5-8-12-28)43-55(51,44-34(39(48)54-27(3)4)22-29-13-9-6-10-14-29)25-52-20-19-45-23-32(35-36(40)41-24-42-37(35)45)30-15-17-31(18-16-30)46(49)50/h5-18,23-24,26-27,33-34H,19-22,25H2,1-4H3,(H2,40,41,42)(H2,43,44,51)/t33-,34-/m0/s1. The molecule has 2 aromatic heterocycles. The summed E-state index contributed by atoms with van der Waals surface area (Å²) in [6.45, 7) is 7.17. The van der Waals surface area contributed by atoms with Gasteiger partial charge in [-0.25, -0.2) is 20.1 Å². The van der Waals surface area contributed by atoms with E-state index in [1.54, 1.807) is 50.6 Å². The molecule has 0 amide bonds. The van der Waals surface area contributed by atoms with E-state index in [2.05, 4.69) is 20.1 Å². The monoisotopic (exact) mass is 771 g/mol. The Morgan fingerprint density at radius 3 is 1.85 bits per heavy atom. The number of nitrogens with two attached hydrogens (primary N) is 1. The molecule has 16 heteroatoms. The van der Waals surface area contributed by atoms with Gasteiger partial charge in [0.1, 0.15) is 36.2 Å². The molecular weight excluding hydrogens is 725 g/mol. The number of nitro groups is 1. The van der Waals surface area contributed by atoms with E-state index in [0.29, 0.717) is 22.2 Å². The van der Waals surface area contributed by atoms with Crippen LogP contribution in [0.25, 0.3) is 22.2 Å². The maximum absolute atomic E-state index is 15.1. The van der Waals surface area contributed by atoms with Gasteiger partial charge in [-0.3, -0.25) is 24.3 Å². The van der Waals surface area contributed by atoms with Gasteiger partial charge in [-0.05, 0) is 69.4 Å². The molecule has 4 N–H and O–H groups in total. The Hall–Kier alpha value is -5.47.